The Bertz CT molecular complexity index is 518. The van der Waals surface area contributed by atoms with Gasteiger partial charge in [-0.2, -0.15) is 0 Å². The van der Waals surface area contributed by atoms with Crippen molar-refractivity contribution in [1.82, 2.24) is 10.2 Å². The lowest BCUT2D eigenvalue weighted by Crippen LogP contribution is -2.49. The predicted octanol–water partition coefficient (Wildman–Crippen LogP) is -0.0555. The maximum Gasteiger partial charge on any atom is 0.251 e. The number of aliphatic hydroxyl groups is 1. The molecule has 6 nitrogen and oxygen atoms in total. The van der Waals surface area contributed by atoms with Gasteiger partial charge in [0.2, 0.25) is 5.91 Å². The number of ether oxygens (including phenoxy) is 1. The number of rotatable bonds is 4. The Labute approximate surface area is 123 Å². The van der Waals surface area contributed by atoms with Gasteiger partial charge in [0, 0.05) is 18.7 Å². The Morgan fingerprint density at radius 2 is 2.29 bits per heavy atom. The number of benzene rings is 1. The molecule has 1 atom stereocenters. The van der Waals surface area contributed by atoms with Crippen molar-refractivity contribution in [3.8, 4) is 0 Å². The van der Waals surface area contributed by atoms with E-state index in [0.29, 0.717) is 25.3 Å². The van der Waals surface area contributed by atoms with Crippen molar-refractivity contribution in [2.45, 2.75) is 13.0 Å². The van der Waals surface area contributed by atoms with Crippen molar-refractivity contribution in [2.75, 3.05) is 32.8 Å². The molecule has 1 aromatic rings. The number of aryl methyl sites for hydroxylation is 1. The topological polar surface area (TPSA) is 78.9 Å². The number of nitrogens with zero attached hydrogens (tertiary/aromatic N) is 1. The lowest BCUT2D eigenvalue weighted by molar-refractivity contribution is -0.139. The molecule has 1 heterocycles. The molecular formula is C15H20N2O4. The first kappa shape index (κ1) is 15.5. The van der Waals surface area contributed by atoms with Gasteiger partial charge < -0.3 is 20.1 Å². The highest BCUT2D eigenvalue weighted by Crippen LogP contribution is 2.06. The molecule has 1 unspecified atom stereocenters. The molecule has 1 saturated heterocycles. The van der Waals surface area contributed by atoms with Crippen LogP contribution in [0, 0.1) is 6.92 Å². The number of nitrogens with one attached hydrogen (secondary N) is 1. The standard InChI is InChI=1S/C15H20N2O4/c1-11-3-2-4-12(7-11)15(20)16-8-14(19)17-5-6-21-13(9-17)10-18/h2-4,7,13,18H,5-6,8-10H2,1H3,(H,16,20). The van der Waals surface area contributed by atoms with Crippen LogP contribution >= 0.6 is 0 Å². The lowest BCUT2D eigenvalue weighted by atomic mass is 10.1. The predicted molar refractivity (Wildman–Crippen MR) is 76.9 cm³/mol. The number of aliphatic hydroxyl groups excluding tert-OH is 1. The van der Waals surface area contributed by atoms with Gasteiger partial charge in [0.05, 0.1) is 25.9 Å². The minimum Gasteiger partial charge on any atom is -0.394 e. The zero-order valence-corrected chi connectivity index (χ0v) is 12.0. The molecule has 1 fully saturated rings. The summed E-state index contributed by atoms with van der Waals surface area (Å²) in [5.41, 5.74) is 1.53. The van der Waals surface area contributed by atoms with E-state index in [2.05, 4.69) is 5.32 Å². The summed E-state index contributed by atoms with van der Waals surface area (Å²) in [5, 5.41) is 11.7. The van der Waals surface area contributed by atoms with Crippen molar-refractivity contribution >= 4 is 11.8 Å². The molecule has 2 amide bonds. The summed E-state index contributed by atoms with van der Waals surface area (Å²) in [6, 6.07) is 7.20. The first-order valence-corrected chi connectivity index (χ1v) is 6.95. The highest BCUT2D eigenvalue weighted by atomic mass is 16.5. The molecule has 0 radical (unpaired) electrons. The number of carbonyl (C=O) groups excluding carboxylic acids is 2. The molecule has 0 spiro atoms. The molecule has 114 valence electrons. The molecule has 0 saturated carbocycles. The van der Waals surface area contributed by atoms with Gasteiger partial charge in [-0.05, 0) is 19.1 Å². The van der Waals surface area contributed by atoms with Gasteiger partial charge in [-0.1, -0.05) is 17.7 Å². The Kier molecular flexibility index (Phi) is 5.30. The van der Waals surface area contributed by atoms with Crippen molar-refractivity contribution in [3.05, 3.63) is 35.4 Å². The molecular weight excluding hydrogens is 272 g/mol. The van der Waals surface area contributed by atoms with Gasteiger partial charge in [-0.3, -0.25) is 9.59 Å². The van der Waals surface area contributed by atoms with E-state index < -0.39 is 0 Å². The quantitative estimate of drug-likeness (QED) is 0.815. The molecule has 6 heteroatoms. The lowest BCUT2D eigenvalue weighted by Gasteiger charge is -2.32. The van der Waals surface area contributed by atoms with E-state index >= 15 is 0 Å². The number of carbonyl (C=O) groups is 2. The summed E-state index contributed by atoms with van der Waals surface area (Å²) in [4.78, 5) is 25.6. The third-order valence-corrected chi connectivity index (χ3v) is 3.38. The average molecular weight is 292 g/mol. The second-order valence-electron chi connectivity index (χ2n) is 5.07. The van der Waals surface area contributed by atoms with Gasteiger partial charge in [-0.15, -0.1) is 0 Å². The minimum absolute atomic E-state index is 0.0507. The van der Waals surface area contributed by atoms with Gasteiger partial charge >= 0.3 is 0 Å². The minimum atomic E-state index is -0.338. The van der Waals surface area contributed by atoms with Crippen LogP contribution in [0.5, 0.6) is 0 Å². The fourth-order valence-corrected chi connectivity index (χ4v) is 2.21. The van der Waals surface area contributed by atoms with E-state index in [1.54, 1.807) is 23.1 Å². The summed E-state index contributed by atoms with van der Waals surface area (Å²) in [6.07, 6.45) is -0.338. The monoisotopic (exact) mass is 292 g/mol. The maximum absolute atomic E-state index is 12.0. The highest BCUT2D eigenvalue weighted by Gasteiger charge is 2.23. The van der Waals surface area contributed by atoms with E-state index in [1.165, 1.54) is 0 Å². The van der Waals surface area contributed by atoms with E-state index in [-0.39, 0.29) is 31.1 Å². The van der Waals surface area contributed by atoms with E-state index in [9.17, 15) is 9.59 Å². The smallest absolute Gasteiger partial charge is 0.251 e. The second kappa shape index (κ2) is 7.19. The summed E-state index contributed by atoms with van der Waals surface area (Å²) in [6.45, 7) is 2.99. The molecule has 0 aromatic heterocycles. The van der Waals surface area contributed by atoms with Crippen molar-refractivity contribution < 1.29 is 19.4 Å². The second-order valence-corrected chi connectivity index (χ2v) is 5.07. The summed E-state index contributed by atoms with van der Waals surface area (Å²) < 4.78 is 5.28. The van der Waals surface area contributed by atoms with Crippen LogP contribution < -0.4 is 5.32 Å². The highest BCUT2D eigenvalue weighted by molar-refractivity contribution is 5.96. The van der Waals surface area contributed by atoms with Crippen molar-refractivity contribution in [1.29, 1.82) is 0 Å². The molecule has 2 N–H and O–H groups in total. The van der Waals surface area contributed by atoms with Gasteiger partial charge in [0.25, 0.3) is 5.91 Å². The Balaban J connectivity index is 1.84. The molecule has 21 heavy (non-hydrogen) atoms. The molecule has 0 bridgehead atoms. The van der Waals surface area contributed by atoms with E-state index in [1.807, 2.05) is 13.0 Å². The van der Waals surface area contributed by atoms with Gasteiger partial charge in [-0.25, -0.2) is 0 Å². The van der Waals surface area contributed by atoms with Crippen LogP contribution in [-0.4, -0.2) is 60.8 Å². The van der Waals surface area contributed by atoms with Crippen LogP contribution in [0.2, 0.25) is 0 Å². The van der Waals surface area contributed by atoms with Crippen LogP contribution in [0.3, 0.4) is 0 Å². The van der Waals surface area contributed by atoms with Crippen LogP contribution in [0.15, 0.2) is 24.3 Å². The molecule has 1 aromatic carbocycles. The fraction of sp³-hybridized carbons (Fsp3) is 0.467. The zero-order chi connectivity index (χ0) is 15.2. The molecule has 1 aliphatic rings. The van der Waals surface area contributed by atoms with Crippen molar-refractivity contribution in [2.24, 2.45) is 0 Å². The van der Waals surface area contributed by atoms with Gasteiger partial charge in [0.1, 0.15) is 0 Å². The fourth-order valence-electron chi connectivity index (χ4n) is 2.21. The Hall–Kier alpha value is -1.92. The van der Waals surface area contributed by atoms with E-state index in [0.717, 1.165) is 5.56 Å². The van der Waals surface area contributed by atoms with Gasteiger partial charge in [0.15, 0.2) is 0 Å². The summed E-state index contributed by atoms with van der Waals surface area (Å²) in [5.74, 6) is -0.434. The SMILES string of the molecule is Cc1cccc(C(=O)NCC(=O)N2CCOC(CO)C2)c1. The third kappa shape index (κ3) is 4.27. The summed E-state index contributed by atoms with van der Waals surface area (Å²) in [7, 11) is 0. The average Bonchev–Trinajstić information content (AvgIpc) is 2.52. The molecule has 1 aliphatic heterocycles. The first-order valence-electron chi connectivity index (χ1n) is 6.95. The number of hydrogen-bond acceptors (Lipinski definition) is 4. The Morgan fingerprint density at radius 1 is 1.48 bits per heavy atom. The van der Waals surface area contributed by atoms with Crippen molar-refractivity contribution in [3.63, 3.8) is 0 Å². The number of morpholine rings is 1. The normalized spacial score (nSPS) is 18.4. The molecule has 2 rings (SSSR count). The number of hydrogen-bond donors (Lipinski definition) is 2. The van der Waals surface area contributed by atoms with E-state index in [4.69, 9.17) is 9.84 Å². The first-order chi connectivity index (χ1) is 10.1. The van der Waals surface area contributed by atoms with Crippen LogP contribution in [0.25, 0.3) is 0 Å². The number of amides is 2. The van der Waals surface area contributed by atoms with Crippen LogP contribution in [-0.2, 0) is 9.53 Å². The third-order valence-electron chi connectivity index (χ3n) is 3.38. The molecule has 0 aliphatic carbocycles. The summed E-state index contributed by atoms with van der Waals surface area (Å²) >= 11 is 0. The largest absolute Gasteiger partial charge is 0.394 e. The zero-order valence-electron chi connectivity index (χ0n) is 12.0. The van der Waals surface area contributed by atoms with Crippen LogP contribution in [0.4, 0.5) is 0 Å². The maximum atomic E-state index is 12.0. The Morgan fingerprint density at radius 3 is 3.00 bits per heavy atom. The van der Waals surface area contributed by atoms with Crippen LogP contribution in [0.1, 0.15) is 15.9 Å².